The van der Waals surface area contributed by atoms with E-state index in [1.165, 1.54) is 37.4 Å². The number of carbonyl (C=O) groups excluding carboxylic acids is 1. The Morgan fingerprint density at radius 3 is 2.83 bits per heavy atom. The zero-order valence-corrected chi connectivity index (χ0v) is 15.2. The highest BCUT2D eigenvalue weighted by Gasteiger charge is 2.37. The van der Waals surface area contributed by atoms with Crippen LogP contribution < -0.4 is 9.47 Å². The number of nitrogens with zero attached hydrogens (tertiary/aromatic N) is 1. The third-order valence-electron chi connectivity index (χ3n) is 5.10. The van der Waals surface area contributed by atoms with Gasteiger partial charge in [-0.15, -0.1) is 0 Å². The number of fused-ring (bicyclic) bond motifs is 1. The molecule has 128 valence electrons. The third-order valence-corrected chi connectivity index (χ3v) is 6.68. The third kappa shape index (κ3) is 3.26. The summed E-state index contributed by atoms with van der Waals surface area (Å²) in [6, 6.07) is 5.89. The quantitative estimate of drug-likeness (QED) is 0.745. The van der Waals surface area contributed by atoms with Crippen LogP contribution in [0.4, 0.5) is 0 Å². The van der Waals surface area contributed by atoms with Crippen LogP contribution in [-0.2, 0) is 11.2 Å². The van der Waals surface area contributed by atoms with Gasteiger partial charge in [0, 0.05) is 6.54 Å². The van der Waals surface area contributed by atoms with Crippen molar-refractivity contribution in [3.8, 4) is 11.5 Å². The molecule has 4 nitrogen and oxygen atoms in total. The number of hydrogen-bond donors (Lipinski definition) is 0. The molecule has 0 bridgehead atoms. The van der Waals surface area contributed by atoms with Gasteiger partial charge >= 0.3 is 0 Å². The minimum Gasteiger partial charge on any atom is -0.454 e. The lowest BCUT2D eigenvalue weighted by Gasteiger charge is -2.18. The fourth-order valence-electron chi connectivity index (χ4n) is 3.72. The van der Waals surface area contributed by atoms with Crippen molar-refractivity contribution in [3.05, 3.63) is 23.8 Å². The molecule has 3 aliphatic rings. The molecule has 0 aromatic heterocycles. The molecule has 0 N–H and O–H groups in total. The van der Waals surface area contributed by atoms with Crippen LogP contribution in [0.25, 0.3) is 0 Å². The van der Waals surface area contributed by atoms with Gasteiger partial charge in [0.15, 0.2) is 11.5 Å². The predicted octanol–water partition coefficient (Wildman–Crippen LogP) is 3.77. The topological polar surface area (TPSA) is 38.8 Å². The number of amides is 1. The first kappa shape index (κ1) is 16.2. The zero-order valence-electron chi connectivity index (χ0n) is 13.5. The maximum Gasteiger partial charge on any atom is 0.241 e. The number of carbonyl (C=O) groups is 1. The maximum absolute atomic E-state index is 12.7. The average molecular weight is 364 g/mol. The molecule has 0 radical (unpaired) electrons. The van der Waals surface area contributed by atoms with Crippen LogP contribution >= 0.6 is 24.0 Å². The van der Waals surface area contributed by atoms with Gasteiger partial charge in [0.1, 0.15) is 4.32 Å². The lowest BCUT2D eigenvalue weighted by molar-refractivity contribution is -0.126. The predicted molar refractivity (Wildman–Crippen MR) is 98.5 cm³/mol. The summed E-state index contributed by atoms with van der Waals surface area (Å²) in [7, 11) is 0. The fourth-order valence-corrected chi connectivity index (χ4v) is 5.31. The van der Waals surface area contributed by atoms with E-state index in [0.717, 1.165) is 40.3 Å². The van der Waals surface area contributed by atoms with Gasteiger partial charge in [0.2, 0.25) is 12.7 Å². The second-order valence-electron chi connectivity index (χ2n) is 6.69. The van der Waals surface area contributed by atoms with Crippen LogP contribution in [0.1, 0.15) is 37.7 Å². The van der Waals surface area contributed by atoms with Gasteiger partial charge < -0.3 is 9.47 Å². The minimum atomic E-state index is -0.110. The second-order valence-corrected chi connectivity index (χ2v) is 8.53. The van der Waals surface area contributed by atoms with Gasteiger partial charge in [0.05, 0.1) is 5.25 Å². The highest BCUT2D eigenvalue weighted by Crippen LogP contribution is 2.36. The second kappa shape index (κ2) is 6.92. The first-order valence-corrected chi connectivity index (χ1v) is 9.90. The van der Waals surface area contributed by atoms with Crippen molar-refractivity contribution in [2.75, 3.05) is 13.3 Å². The molecule has 2 aliphatic heterocycles. The highest BCUT2D eigenvalue weighted by atomic mass is 32.2. The van der Waals surface area contributed by atoms with Gasteiger partial charge in [-0.2, -0.15) is 0 Å². The summed E-state index contributed by atoms with van der Waals surface area (Å²) < 4.78 is 11.5. The molecule has 24 heavy (non-hydrogen) atoms. The monoisotopic (exact) mass is 363 g/mol. The van der Waals surface area contributed by atoms with E-state index >= 15 is 0 Å². The standard InChI is InChI=1S/C18H21NO3S2/c20-17-16(10-13-5-6-14-15(9-13)22-11-21-14)24-18(23)19(17)8-7-12-3-1-2-4-12/h5-6,9,12,16H,1-4,7-8,10-11H2/t16-/m0/s1. The number of hydrogen-bond acceptors (Lipinski definition) is 5. The number of ether oxygens (including phenoxy) is 2. The van der Waals surface area contributed by atoms with E-state index in [2.05, 4.69) is 0 Å². The molecule has 1 aromatic rings. The molecule has 0 spiro atoms. The normalized spacial score (nSPS) is 23.5. The summed E-state index contributed by atoms with van der Waals surface area (Å²) in [6.07, 6.45) is 7.06. The van der Waals surface area contributed by atoms with Crippen LogP contribution in [0.2, 0.25) is 0 Å². The number of thioether (sulfide) groups is 1. The van der Waals surface area contributed by atoms with E-state index in [0.29, 0.717) is 6.42 Å². The number of benzene rings is 1. The summed E-state index contributed by atoms with van der Waals surface area (Å²) in [5, 5.41) is -0.110. The molecular formula is C18H21NO3S2. The average Bonchev–Trinajstić information content (AvgIpc) is 3.29. The summed E-state index contributed by atoms with van der Waals surface area (Å²) in [5.41, 5.74) is 1.09. The molecule has 2 fully saturated rings. The lowest BCUT2D eigenvalue weighted by atomic mass is 10.0. The van der Waals surface area contributed by atoms with Crippen molar-refractivity contribution in [1.29, 1.82) is 0 Å². The Kier molecular flexibility index (Phi) is 4.68. The van der Waals surface area contributed by atoms with Gasteiger partial charge in [-0.05, 0) is 36.5 Å². The van der Waals surface area contributed by atoms with Crippen LogP contribution in [0.15, 0.2) is 18.2 Å². The zero-order chi connectivity index (χ0) is 16.5. The molecule has 1 aliphatic carbocycles. The lowest BCUT2D eigenvalue weighted by Crippen LogP contribution is -2.33. The Morgan fingerprint density at radius 1 is 1.21 bits per heavy atom. The summed E-state index contributed by atoms with van der Waals surface area (Å²) in [5.74, 6) is 2.49. The van der Waals surface area contributed by atoms with Crippen LogP contribution in [0.3, 0.4) is 0 Å². The van der Waals surface area contributed by atoms with Crippen LogP contribution in [-0.4, -0.2) is 33.7 Å². The Balaban J connectivity index is 1.37. The van der Waals surface area contributed by atoms with Crippen LogP contribution in [0, 0.1) is 5.92 Å². The molecule has 0 unspecified atom stereocenters. The first-order chi connectivity index (χ1) is 11.7. The molecule has 4 rings (SSSR count). The van der Waals surface area contributed by atoms with Crippen LogP contribution in [0.5, 0.6) is 11.5 Å². The van der Waals surface area contributed by atoms with Crippen molar-refractivity contribution in [1.82, 2.24) is 4.90 Å². The van der Waals surface area contributed by atoms with Crippen molar-refractivity contribution < 1.29 is 14.3 Å². The van der Waals surface area contributed by atoms with E-state index in [9.17, 15) is 4.79 Å². The SMILES string of the molecule is O=C1[C@H](Cc2ccc3c(c2)OCO3)SC(=S)N1CCC1CCCC1. The molecule has 1 amide bonds. The van der Waals surface area contributed by atoms with Crippen molar-refractivity contribution >= 4 is 34.2 Å². The van der Waals surface area contributed by atoms with Gasteiger partial charge in [-0.1, -0.05) is 55.7 Å². The van der Waals surface area contributed by atoms with E-state index in [1.807, 2.05) is 23.1 Å². The molecule has 1 saturated carbocycles. The van der Waals surface area contributed by atoms with Crippen molar-refractivity contribution in [2.24, 2.45) is 5.92 Å². The largest absolute Gasteiger partial charge is 0.454 e. The molecule has 1 atom stereocenters. The fraction of sp³-hybridized carbons (Fsp3) is 0.556. The Hall–Kier alpha value is -1.27. The Morgan fingerprint density at radius 2 is 2.00 bits per heavy atom. The number of rotatable bonds is 5. The Bertz CT molecular complexity index is 658. The number of thiocarbonyl (C=S) groups is 1. The summed E-state index contributed by atoms with van der Waals surface area (Å²) in [4.78, 5) is 14.5. The van der Waals surface area contributed by atoms with Gasteiger partial charge in [0.25, 0.3) is 0 Å². The van der Waals surface area contributed by atoms with Crippen molar-refractivity contribution in [3.63, 3.8) is 0 Å². The van der Waals surface area contributed by atoms with Gasteiger partial charge in [-0.25, -0.2) is 0 Å². The molecule has 1 aromatic carbocycles. The minimum absolute atomic E-state index is 0.110. The van der Waals surface area contributed by atoms with E-state index in [1.54, 1.807) is 0 Å². The maximum atomic E-state index is 12.7. The smallest absolute Gasteiger partial charge is 0.241 e. The van der Waals surface area contributed by atoms with Gasteiger partial charge in [-0.3, -0.25) is 9.69 Å². The molecular weight excluding hydrogens is 342 g/mol. The highest BCUT2D eigenvalue weighted by molar-refractivity contribution is 8.24. The van der Waals surface area contributed by atoms with E-state index in [-0.39, 0.29) is 18.0 Å². The molecule has 6 heteroatoms. The summed E-state index contributed by atoms with van der Waals surface area (Å²) in [6.45, 7) is 1.06. The molecule has 1 saturated heterocycles. The molecule has 2 heterocycles. The van der Waals surface area contributed by atoms with E-state index in [4.69, 9.17) is 21.7 Å². The Labute approximate surface area is 151 Å². The van der Waals surface area contributed by atoms with E-state index < -0.39 is 0 Å². The summed E-state index contributed by atoms with van der Waals surface area (Å²) >= 11 is 6.98. The first-order valence-electron chi connectivity index (χ1n) is 8.61. The van der Waals surface area contributed by atoms with Crippen molar-refractivity contribution in [2.45, 2.75) is 43.8 Å².